The molecule has 0 aromatic heterocycles. The van der Waals surface area contributed by atoms with Crippen molar-refractivity contribution in [3.8, 4) is 11.5 Å². The van der Waals surface area contributed by atoms with Gasteiger partial charge in [-0.2, -0.15) is 0 Å². The van der Waals surface area contributed by atoms with Crippen LogP contribution in [0.1, 0.15) is 0 Å². The van der Waals surface area contributed by atoms with E-state index in [0.717, 1.165) is 0 Å². The van der Waals surface area contributed by atoms with E-state index in [1.807, 2.05) is 0 Å². The zero-order valence-corrected chi connectivity index (χ0v) is 8.78. The number of carbonyl (C=O) groups excluding carboxylic acids is 1. The van der Waals surface area contributed by atoms with E-state index >= 15 is 0 Å². The number of alkyl halides is 1. The summed E-state index contributed by atoms with van der Waals surface area (Å²) in [5.41, 5.74) is 0. The van der Waals surface area contributed by atoms with E-state index in [9.17, 15) is 9.90 Å². The van der Waals surface area contributed by atoms with Crippen LogP contribution in [-0.4, -0.2) is 22.1 Å². The third kappa shape index (κ3) is 3.05. The molecule has 0 spiro atoms. The van der Waals surface area contributed by atoms with Crippen molar-refractivity contribution in [2.45, 2.75) is 0 Å². The standard InChI is InChI=1S/C8H8ClO4P/c9-4-8(12)13-14-7-3-5(10)1-2-6(7)11/h1-3,10-11,14H,4H2. The van der Waals surface area contributed by atoms with E-state index in [-0.39, 0.29) is 26.2 Å². The molecule has 76 valence electrons. The second-order valence-electron chi connectivity index (χ2n) is 2.41. The van der Waals surface area contributed by atoms with Crippen molar-refractivity contribution in [1.82, 2.24) is 0 Å². The van der Waals surface area contributed by atoms with Crippen LogP contribution in [0.3, 0.4) is 0 Å². The van der Waals surface area contributed by atoms with Crippen molar-refractivity contribution in [3.63, 3.8) is 0 Å². The van der Waals surface area contributed by atoms with Crippen molar-refractivity contribution in [1.29, 1.82) is 0 Å². The molecule has 0 fully saturated rings. The number of halogens is 1. The Bertz CT molecular complexity index is 342. The molecule has 0 saturated carbocycles. The number of hydrogen-bond acceptors (Lipinski definition) is 4. The van der Waals surface area contributed by atoms with Crippen LogP contribution >= 0.6 is 20.4 Å². The highest BCUT2D eigenvalue weighted by Crippen LogP contribution is 2.23. The molecule has 0 amide bonds. The van der Waals surface area contributed by atoms with Gasteiger partial charge in [-0.25, -0.2) is 0 Å². The molecule has 0 aliphatic carbocycles. The molecule has 14 heavy (non-hydrogen) atoms. The van der Waals surface area contributed by atoms with Gasteiger partial charge in [0, 0.05) is 0 Å². The molecule has 1 rings (SSSR count). The summed E-state index contributed by atoms with van der Waals surface area (Å²) in [6.45, 7) is 0. The Balaban J connectivity index is 2.66. The van der Waals surface area contributed by atoms with Gasteiger partial charge < -0.3 is 14.7 Å². The lowest BCUT2D eigenvalue weighted by Crippen LogP contribution is -2.03. The molecule has 0 aliphatic heterocycles. The quantitative estimate of drug-likeness (QED) is 0.467. The topological polar surface area (TPSA) is 66.8 Å². The van der Waals surface area contributed by atoms with E-state index in [1.54, 1.807) is 0 Å². The molecule has 4 nitrogen and oxygen atoms in total. The lowest BCUT2D eigenvalue weighted by atomic mass is 10.3. The molecule has 0 bridgehead atoms. The zero-order valence-electron chi connectivity index (χ0n) is 7.03. The van der Waals surface area contributed by atoms with Gasteiger partial charge in [0.2, 0.25) is 0 Å². The summed E-state index contributed by atoms with van der Waals surface area (Å²) in [4.78, 5) is 10.7. The van der Waals surface area contributed by atoms with Crippen LogP contribution in [0.4, 0.5) is 0 Å². The molecule has 0 saturated heterocycles. The van der Waals surface area contributed by atoms with Gasteiger partial charge in [-0.15, -0.1) is 11.6 Å². The number of carbonyl (C=O) groups is 1. The molecule has 0 aliphatic rings. The summed E-state index contributed by atoms with van der Waals surface area (Å²) in [7, 11) is -0.357. The first-order valence-electron chi connectivity index (χ1n) is 3.67. The molecule has 6 heteroatoms. The Morgan fingerprint density at radius 3 is 2.86 bits per heavy atom. The fraction of sp³-hybridized carbons (Fsp3) is 0.125. The molecular weight excluding hydrogens is 227 g/mol. The first kappa shape index (κ1) is 11.1. The Kier molecular flexibility index (Phi) is 3.98. The highest BCUT2D eigenvalue weighted by atomic mass is 35.5. The minimum Gasteiger partial charge on any atom is -0.508 e. The smallest absolute Gasteiger partial charge is 0.323 e. The van der Waals surface area contributed by atoms with Crippen LogP contribution in [0.25, 0.3) is 0 Å². The average molecular weight is 235 g/mol. The van der Waals surface area contributed by atoms with Gasteiger partial charge in [0.1, 0.15) is 26.2 Å². The van der Waals surface area contributed by atoms with E-state index in [4.69, 9.17) is 21.2 Å². The number of phenols is 2. The number of rotatable bonds is 3. The summed E-state index contributed by atoms with van der Waals surface area (Å²) in [5.74, 6) is -0.810. The molecule has 2 N–H and O–H groups in total. The normalized spacial score (nSPS) is 10.6. The number of benzene rings is 1. The Labute approximate surface area is 87.3 Å². The van der Waals surface area contributed by atoms with Gasteiger partial charge in [0.25, 0.3) is 0 Å². The van der Waals surface area contributed by atoms with Crippen molar-refractivity contribution < 1.29 is 19.5 Å². The molecule has 1 aromatic carbocycles. The summed E-state index contributed by atoms with van der Waals surface area (Å²) < 4.78 is 4.70. The molecule has 0 heterocycles. The largest absolute Gasteiger partial charge is 0.508 e. The minimum atomic E-state index is -0.562. The lowest BCUT2D eigenvalue weighted by Gasteiger charge is -2.04. The molecular formula is C8H8ClO4P. The molecule has 1 aromatic rings. The van der Waals surface area contributed by atoms with Gasteiger partial charge in [0.05, 0.1) is 5.30 Å². The van der Waals surface area contributed by atoms with E-state index in [1.165, 1.54) is 18.2 Å². The van der Waals surface area contributed by atoms with Gasteiger partial charge >= 0.3 is 5.97 Å². The molecule has 0 radical (unpaired) electrons. The Morgan fingerprint density at radius 1 is 1.50 bits per heavy atom. The number of aromatic hydroxyl groups is 2. The highest BCUT2D eigenvalue weighted by Gasteiger charge is 2.06. The van der Waals surface area contributed by atoms with Gasteiger partial charge in [-0.05, 0) is 18.2 Å². The maximum Gasteiger partial charge on any atom is 0.323 e. The zero-order chi connectivity index (χ0) is 10.6. The van der Waals surface area contributed by atoms with E-state index in [2.05, 4.69) is 0 Å². The van der Waals surface area contributed by atoms with Crippen LogP contribution in [0.15, 0.2) is 18.2 Å². The van der Waals surface area contributed by atoms with Crippen LogP contribution in [0.2, 0.25) is 0 Å². The summed E-state index contributed by atoms with van der Waals surface area (Å²) in [5, 5.41) is 18.7. The van der Waals surface area contributed by atoms with Gasteiger partial charge in [0.15, 0.2) is 0 Å². The first-order valence-corrected chi connectivity index (χ1v) is 5.11. The minimum absolute atomic E-state index is 0.00669. The summed E-state index contributed by atoms with van der Waals surface area (Å²) in [6, 6.07) is 3.99. The van der Waals surface area contributed by atoms with Crippen LogP contribution in [0.5, 0.6) is 11.5 Å². The Morgan fingerprint density at radius 2 is 2.21 bits per heavy atom. The van der Waals surface area contributed by atoms with Crippen LogP contribution in [0, 0.1) is 0 Å². The number of hydrogen-bond donors (Lipinski definition) is 2. The third-order valence-corrected chi connectivity index (χ3v) is 2.53. The monoisotopic (exact) mass is 234 g/mol. The fourth-order valence-electron chi connectivity index (χ4n) is 0.745. The maximum absolute atomic E-state index is 10.7. The third-order valence-electron chi connectivity index (χ3n) is 1.36. The van der Waals surface area contributed by atoms with Gasteiger partial charge in [-0.1, -0.05) is 0 Å². The lowest BCUT2D eigenvalue weighted by molar-refractivity contribution is -0.130. The van der Waals surface area contributed by atoms with Crippen molar-refractivity contribution in [2.75, 3.05) is 5.88 Å². The Hall–Kier alpha value is -0.990. The average Bonchev–Trinajstić information content (AvgIpc) is 2.19. The van der Waals surface area contributed by atoms with Crippen molar-refractivity contribution in [2.24, 2.45) is 0 Å². The van der Waals surface area contributed by atoms with Crippen LogP contribution < -0.4 is 5.30 Å². The first-order chi connectivity index (χ1) is 6.63. The number of phenolic OH excluding ortho intramolecular Hbond substituents is 2. The predicted octanol–water partition coefficient (Wildman–Crippen LogP) is 1.10. The van der Waals surface area contributed by atoms with E-state index < -0.39 is 5.97 Å². The summed E-state index contributed by atoms with van der Waals surface area (Å²) >= 11 is 5.21. The SMILES string of the molecule is O=C(CCl)OPc1cc(O)ccc1O. The van der Waals surface area contributed by atoms with Gasteiger partial charge in [-0.3, -0.25) is 4.79 Å². The second-order valence-corrected chi connectivity index (χ2v) is 3.63. The molecule has 1 unspecified atom stereocenters. The summed E-state index contributed by atoms with van der Waals surface area (Å²) in [6.07, 6.45) is 0. The van der Waals surface area contributed by atoms with Crippen molar-refractivity contribution >= 4 is 31.7 Å². The molecule has 1 atom stereocenters. The van der Waals surface area contributed by atoms with Crippen LogP contribution in [-0.2, 0) is 9.32 Å². The second kappa shape index (κ2) is 5.03. The fourth-order valence-corrected chi connectivity index (χ4v) is 1.58. The highest BCUT2D eigenvalue weighted by molar-refractivity contribution is 7.42. The maximum atomic E-state index is 10.7. The van der Waals surface area contributed by atoms with E-state index in [0.29, 0.717) is 5.30 Å². The van der Waals surface area contributed by atoms with Crippen molar-refractivity contribution in [3.05, 3.63) is 18.2 Å². The predicted molar refractivity (Wildman–Crippen MR) is 54.5 cm³/mol.